The summed E-state index contributed by atoms with van der Waals surface area (Å²) in [5.74, 6) is 0.0332. The molecule has 0 saturated carbocycles. The number of unbranched alkanes of at least 4 members (excludes halogenated alkanes) is 1. The molecule has 1 heterocycles. The van der Waals surface area contributed by atoms with Crippen molar-refractivity contribution in [1.82, 2.24) is 9.66 Å². The van der Waals surface area contributed by atoms with E-state index in [1.807, 2.05) is 6.07 Å². The Morgan fingerprint density at radius 1 is 1.15 bits per heavy atom. The monoisotopic (exact) mass is 736 g/mol. The van der Waals surface area contributed by atoms with E-state index in [4.69, 9.17) is 14.5 Å². The van der Waals surface area contributed by atoms with Gasteiger partial charge in [-0.3, -0.25) is 9.59 Å². The van der Waals surface area contributed by atoms with Crippen molar-refractivity contribution in [3.8, 4) is 11.5 Å². The summed E-state index contributed by atoms with van der Waals surface area (Å²) >= 11 is 10.4. The van der Waals surface area contributed by atoms with Crippen molar-refractivity contribution in [2.45, 2.75) is 26.2 Å². The van der Waals surface area contributed by atoms with E-state index in [-0.39, 0.29) is 17.0 Å². The first kappa shape index (κ1) is 29.9. The maximum Gasteiger partial charge on any atom is 0.282 e. The van der Waals surface area contributed by atoms with Crippen molar-refractivity contribution in [2.75, 3.05) is 19.0 Å². The van der Waals surface area contributed by atoms with Gasteiger partial charge in [0.15, 0.2) is 18.1 Å². The van der Waals surface area contributed by atoms with Gasteiger partial charge in [0.2, 0.25) is 0 Å². The summed E-state index contributed by atoms with van der Waals surface area (Å²) in [6.07, 6.45) is 3.90. The van der Waals surface area contributed by atoms with Gasteiger partial charge in [-0.05, 0) is 74.7 Å². The maximum atomic E-state index is 13.9. The number of hydrogen-bond acceptors (Lipinski definition) is 6. The number of ether oxygens (including phenoxy) is 2. The van der Waals surface area contributed by atoms with Gasteiger partial charge in [0.1, 0.15) is 11.6 Å². The molecule has 3 aromatic carbocycles. The molecule has 1 aromatic heterocycles. The molecule has 0 radical (unpaired) electrons. The predicted molar refractivity (Wildman–Crippen MR) is 164 cm³/mol. The highest BCUT2D eigenvalue weighted by atomic mass is 79.9. The van der Waals surface area contributed by atoms with E-state index in [9.17, 15) is 14.0 Å². The fraction of sp³-hybridized carbons (Fsp3) is 0.214. The summed E-state index contributed by atoms with van der Waals surface area (Å²) in [6, 6.07) is 12.9. The number of aryl methyl sites for hydroxylation is 1. The minimum atomic E-state index is -0.549. The van der Waals surface area contributed by atoms with Crippen molar-refractivity contribution in [3.63, 3.8) is 0 Å². The highest BCUT2D eigenvalue weighted by molar-refractivity contribution is 9.13. The third kappa shape index (κ3) is 6.79. The Bertz CT molecular complexity index is 1660. The standard InChI is InChI=1S/C28H24Br3FN4O4/c1-3-4-9-23-34-20-11-10-17(29)13-18(20)28(38)36(23)33-14-16-12-22(39-2)27(26(31)25(16)30)40-15-24(37)35-21-8-6-5-7-19(21)32/h5-8,10-14H,3-4,9,15H2,1-2H3,(H,35,37). The number of rotatable bonds is 10. The van der Waals surface area contributed by atoms with E-state index in [2.05, 4.69) is 65.1 Å². The zero-order chi connectivity index (χ0) is 28.8. The van der Waals surface area contributed by atoms with Crippen LogP contribution in [0.1, 0.15) is 31.2 Å². The summed E-state index contributed by atoms with van der Waals surface area (Å²) < 4.78 is 28.2. The lowest BCUT2D eigenvalue weighted by Gasteiger charge is -2.15. The van der Waals surface area contributed by atoms with Crippen molar-refractivity contribution in [2.24, 2.45) is 5.10 Å². The Morgan fingerprint density at radius 3 is 2.65 bits per heavy atom. The molecule has 0 aliphatic carbocycles. The number of carbonyl (C=O) groups excluding carboxylic acids is 1. The molecule has 0 saturated heterocycles. The smallest absolute Gasteiger partial charge is 0.282 e. The molecule has 4 aromatic rings. The normalized spacial score (nSPS) is 11.2. The second-order valence-electron chi connectivity index (χ2n) is 8.60. The maximum absolute atomic E-state index is 13.9. The first-order valence-corrected chi connectivity index (χ1v) is 14.6. The van der Waals surface area contributed by atoms with Crippen molar-refractivity contribution < 1.29 is 18.7 Å². The number of fused-ring (bicyclic) bond motifs is 1. The van der Waals surface area contributed by atoms with Gasteiger partial charge in [-0.1, -0.05) is 41.4 Å². The van der Waals surface area contributed by atoms with Gasteiger partial charge in [-0.15, -0.1) is 0 Å². The molecule has 208 valence electrons. The van der Waals surface area contributed by atoms with E-state index in [1.165, 1.54) is 36.2 Å². The Balaban J connectivity index is 1.64. The number of benzene rings is 3. The lowest BCUT2D eigenvalue weighted by Crippen LogP contribution is -2.22. The number of amides is 1. The lowest BCUT2D eigenvalue weighted by molar-refractivity contribution is -0.118. The molecule has 0 atom stereocenters. The number of para-hydroxylation sites is 1. The van der Waals surface area contributed by atoms with Gasteiger partial charge in [-0.25, -0.2) is 9.37 Å². The molecule has 12 heteroatoms. The van der Waals surface area contributed by atoms with E-state index in [0.717, 1.165) is 17.3 Å². The molecule has 0 bridgehead atoms. The fourth-order valence-corrected chi connectivity index (χ4v) is 5.10. The summed E-state index contributed by atoms with van der Waals surface area (Å²) in [6.45, 7) is 1.68. The van der Waals surface area contributed by atoms with Crippen LogP contribution in [-0.2, 0) is 11.2 Å². The summed E-state index contributed by atoms with van der Waals surface area (Å²) in [7, 11) is 1.46. The molecule has 40 heavy (non-hydrogen) atoms. The lowest BCUT2D eigenvalue weighted by atomic mass is 10.2. The average Bonchev–Trinajstić information content (AvgIpc) is 2.94. The first-order chi connectivity index (χ1) is 19.2. The van der Waals surface area contributed by atoms with Gasteiger partial charge in [-0.2, -0.15) is 9.78 Å². The molecule has 0 fully saturated rings. The summed E-state index contributed by atoms with van der Waals surface area (Å²) in [5, 5.41) is 7.42. The minimum absolute atomic E-state index is 0.0546. The Kier molecular flexibility index (Phi) is 10.1. The number of aromatic nitrogens is 2. The molecule has 0 aliphatic heterocycles. The second-order valence-corrected chi connectivity index (χ2v) is 11.1. The number of hydrogen-bond donors (Lipinski definition) is 1. The van der Waals surface area contributed by atoms with Crippen molar-refractivity contribution in [1.29, 1.82) is 0 Å². The number of methoxy groups -OCH3 is 1. The minimum Gasteiger partial charge on any atom is -0.493 e. The van der Waals surface area contributed by atoms with Crippen molar-refractivity contribution >= 4 is 76.5 Å². The van der Waals surface area contributed by atoms with Crippen LogP contribution < -0.4 is 20.3 Å². The third-order valence-corrected chi connectivity index (χ3v) is 8.45. The van der Waals surface area contributed by atoms with Crippen LogP contribution in [0.25, 0.3) is 10.9 Å². The molecule has 0 unspecified atom stereocenters. The van der Waals surface area contributed by atoms with Crippen LogP contribution in [0.2, 0.25) is 0 Å². The highest BCUT2D eigenvalue weighted by Crippen LogP contribution is 2.42. The fourth-order valence-electron chi connectivity index (χ4n) is 3.80. The Morgan fingerprint density at radius 2 is 1.93 bits per heavy atom. The third-order valence-electron chi connectivity index (χ3n) is 5.81. The van der Waals surface area contributed by atoms with Crippen molar-refractivity contribution in [3.05, 3.63) is 89.5 Å². The van der Waals surface area contributed by atoms with Crippen LogP contribution in [0.4, 0.5) is 10.1 Å². The molecule has 0 spiro atoms. The number of carbonyl (C=O) groups is 1. The average molecular weight is 739 g/mol. The zero-order valence-corrected chi connectivity index (χ0v) is 26.3. The van der Waals surface area contributed by atoms with Crippen LogP contribution in [0.15, 0.2) is 71.8 Å². The molecule has 0 aliphatic rings. The SMILES string of the molecule is CCCCc1nc2ccc(Br)cc2c(=O)n1N=Cc1cc(OC)c(OCC(=O)Nc2ccccc2F)c(Br)c1Br. The van der Waals surface area contributed by atoms with E-state index in [0.29, 0.717) is 43.4 Å². The largest absolute Gasteiger partial charge is 0.493 e. The first-order valence-electron chi connectivity index (χ1n) is 12.2. The molecular weight excluding hydrogens is 715 g/mol. The second kappa shape index (κ2) is 13.5. The predicted octanol–water partition coefficient (Wildman–Crippen LogP) is 7.07. The molecule has 8 nitrogen and oxygen atoms in total. The summed E-state index contributed by atoms with van der Waals surface area (Å²) in [5.41, 5.74) is 0.960. The van der Waals surface area contributed by atoms with Crippen LogP contribution in [0, 0.1) is 5.82 Å². The van der Waals surface area contributed by atoms with Gasteiger partial charge >= 0.3 is 0 Å². The number of nitrogens with zero attached hydrogens (tertiary/aromatic N) is 3. The quantitative estimate of drug-likeness (QED) is 0.176. The molecular formula is C28H24Br3FN4O4. The van der Waals surface area contributed by atoms with Crippen LogP contribution in [0.5, 0.6) is 11.5 Å². The number of nitrogens with one attached hydrogen (secondary N) is 1. The molecule has 4 rings (SSSR count). The highest BCUT2D eigenvalue weighted by Gasteiger charge is 2.19. The van der Waals surface area contributed by atoms with Gasteiger partial charge in [0, 0.05) is 20.9 Å². The van der Waals surface area contributed by atoms with Gasteiger partial charge < -0.3 is 14.8 Å². The van der Waals surface area contributed by atoms with Gasteiger partial charge in [0.05, 0.1) is 34.4 Å². The van der Waals surface area contributed by atoms with Crippen LogP contribution >= 0.6 is 47.8 Å². The summed E-state index contributed by atoms with van der Waals surface area (Å²) in [4.78, 5) is 30.4. The topological polar surface area (TPSA) is 94.8 Å². The number of anilines is 1. The van der Waals surface area contributed by atoms with Crippen LogP contribution in [0.3, 0.4) is 0 Å². The molecule has 1 amide bonds. The van der Waals surface area contributed by atoms with E-state index < -0.39 is 18.3 Å². The molecule has 1 N–H and O–H groups in total. The van der Waals surface area contributed by atoms with Gasteiger partial charge in [0.25, 0.3) is 11.5 Å². The number of halogens is 4. The van der Waals surface area contributed by atoms with E-state index in [1.54, 1.807) is 24.3 Å². The van der Waals surface area contributed by atoms with Crippen LogP contribution in [-0.4, -0.2) is 35.5 Å². The zero-order valence-electron chi connectivity index (χ0n) is 21.5. The Hall–Kier alpha value is -3.09. The van der Waals surface area contributed by atoms with E-state index >= 15 is 0 Å². The Labute approximate surface area is 255 Å².